The third-order valence-electron chi connectivity index (χ3n) is 2.12. The van der Waals surface area contributed by atoms with Gasteiger partial charge in [-0.15, -0.1) is 0 Å². The largest absolute Gasteiger partial charge is 0.393 e. The fraction of sp³-hybridized carbons (Fsp3) is 0.556. The minimum absolute atomic E-state index is 0.0681. The molecule has 0 aliphatic rings. The number of hydrogen-bond acceptors (Lipinski definition) is 4. The van der Waals surface area contributed by atoms with E-state index in [4.69, 9.17) is 18.0 Å². The van der Waals surface area contributed by atoms with Crippen molar-refractivity contribution in [1.29, 1.82) is 0 Å². The zero-order chi connectivity index (χ0) is 12.1. The first-order valence-corrected chi connectivity index (χ1v) is 5.38. The van der Waals surface area contributed by atoms with Crippen molar-refractivity contribution in [1.82, 2.24) is 20.3 Å². The van der Waals surface area contributed by atoms with Crippen LogP contribution < -0.4 is 5.73 Å². The summed E-state index contributed by atoms with van der Waals surface area (Å²) in [6.07, 6.45) is 1.91. The number of hydrogen-bond donors (Lipinski definition) is 2. The summed E-state index contributed by atoms with van der Waals surface area (Å²) in [6.45, 7) is 4.35. The molecule has 1 aromatic rings. The molecular weight excluding hydrogens is 226 g/mol. The average Bonchev–Trinajstić information content (AvgIpc) is 2.69. The van der Waals surface area contributed by atoms with E-state index >= 15 is 0 Å². The molecule has 0 bridgehead atoms. The lowest BCUT2D eigenvalue weighted by molar-refractivity contribution is 0.0705. The Hall–Kier alpha value is -1.50. The van der Waals surface area contributed by atoms with Gasteiger partial charge in [0.25, 0.3) is 5.91 Å². The van der Waals surface area contributed by atoms with Gasteiger partial charge in [-0.05, 0) is 13.8 Å². The molecule has 0 aromatic carbocycles. The molecule has 88 valence electrons. The maximum atomic E-state index is 12.0. The summed E-state index contributed by atoms with van der Waals surface area (Å²) in [5.74, 6) is -0.167. The first-order valence-electron chi connectivity index (χ1n) is 4.97. The molecule has 0 saturated carbocycles. The third-order valence-corrected chi connectivity index (χ3v) is 2.32. The van der Waals surface area contributed by atoms with E-state index in [1.807, 2.05) is 13.8 Å². The number of nitrogens with two attached hydrogens (primary N) is 1. The number of carbonyl (C=O) groups is 1. The second-order valence-corrected chi connectivity index (χ2v) is 4.19. The number of aromatic amines is 1. The average molecular weight is 241 g/mol. The van der Waals surface area contributed by atoms with Gasteiger partial charge in [0.2, 0.25) is 0 Å². The van der Waals surface area contributed by atoms with E-state index in [0.29, 0.717) is 23.6 Å². The number of nitrogens with zero attached hydrogens (tertiary/aromatic N) is 3. The van der Waals surface area contributed by atoms with Crippen LogP contribution in [0.5, 0.6) is 0 Å². The molecule has 16 heavy (non-hydrogen) atoms. The quantitative estimate of drug-likeness (QED) is 0.725. The highest BCUT2D eigenvalue weighted by molar-refractivity contribution is 7.80. The van der Waals surface area contributed by atoms with Crippen LogP contribution in [0.1, 0.15) is 30.8 Å². The molecule has 6 nitrogen and oxygen atoms in total. The normalized spacial score (nSPS) is 10.4. The van der Waals surface area contributed by atoms with Crippen LogP contribution in [0.3, 0.4) is 0 Å². The van der Waals surface area contributed by atoms with Gasteiger partial charge >= 0.3 is 0 Å². The molecular formula is C9H15N5OS. The van der Waals surface area contributed by atoms with Gasteiger partial charge in [0.1, 0.15) is 0 Å². The molecule has 0 fully saturated rings. The van der Waals surface area contributed by atoms with Crippen LogP contribution in [-0.2, 0) is 0 Å². The summed E-state index contributed by atoms with van der Waals surface area (Å²) in [7, 11) is 0. The molecule has 0 spiro atoms. The van der Waals surface area contributed by atoms with E-state index in [-0.39, 0.29) is 11.9 Å². The van der Waals surface area contributed by atoms with Crippen LogP contribution in [0.15, 0.2) is 6.20 Å². The molecule has 3 N–H and O–H groups in total. The van der Waals surface area contributed by atoms with E-state index in [2.05, 4.69) is 15.4 Å². The summed E-state index contributed by atoms with van der Waals surface area (Å²) in [5.41, 5.74) is 5.72. The second kappa shape index (κ2) is 5.55. The molecule has 0 aliphatic carbocycles. The maximum absolute atomic E-state index is 12.0. The van der Waals surface area contributed by atoms with Crippen LogP contribution in [0.25, 0.3) is 0 Å². The highest BCUT2D eigenvalue weighted by Crippen LogP contribution is 2.06. The van der Waals surface area contributed by atoms with Gasteiger partial charge in [0, 0.05) is 19.0 Å². The Labute approximate surface area is 99.2 Å². The predicted octanol–water partition coefficient (Wildman–Crippen LogP) is 0.331. The van der Waals surface area contributed by atoms with E-state index in [1.54, 1.807) is 4.90 Å². The minimum Gasteiger partial charge on any atom is -0.393 e. The molecule has 1 rings (SSSR count). The topological polar surface area (TPSA) is 87.9 Å². The van der Waals surface area contributed by atoms with Gasteiger partial charge in [-0.25, -0.2) is 0 Å². The van der Waals surface area contributed by atoms with Gasteiger partial charge < -0.3 is 10.6 Å². The Balaban J connectivity index is 2.70. The van der Waals surface area contributed by atoms with Crippen LogP contribution in [0, 0.1) is 0 Å². The molecule has 0 saturated heterocycles. The van der Waals surface area contributed by atoms with Gasteiger partial charge in [0.15, 0.2) is 5.69 Å². The molecule has 1 heterocycles. The Bertz CT molecular complexity index is 362. The molecule has 0 aliphatic heterocycles. The summed E-state index contributed by atoms with van der Waals surface area (Å²) >= 11 is 4.79. The smallest absolute Gasteiger partial charge is 0.276 e. The zero-order valence-corrected chi connectivity index (χ0v) is 10.1. The van der Waals surface area contributed by atoms with Crippen molar-refractivity contribution in [3.05, 3.63) is 11.9 Å². The SMILES string of the molecule is CC(C)N(CCC(N)=S)C(=O)c1cn[nH]n1. The van der Waals surface area contributed by atoms with Crippen LogP contribution in [0.4, 0.5) is 0 Å². The summed E-state index contributed by atoms with van der Waals surface area (Å²) in [4.78, 5) is 14.0. The summed E-state index contributed by atoms with van der Waals surface area (Å²) in [6, 6.07) is 0.0681. The fourth-order valence-electron chi connectivity index (χ4n) is 1.28. The molecule has 0 atom stereocenters. The van der Waals surface area contributed by atoms with Gasteiger partial charge in [-0.1, -0.05) is 12.2 Å². The summed E-state index contributed by atoms with van der Waals surface area (Å²) < 4.78 is 0. The molecule has 0 radical (unpaired) electrons. The van der Waals surface area contributed by atoms with Gasteiger partial charge in [0.05, 0.1) is 11.2 Å². The van der Waals surface area contributed by atoms with E-state index < -0.39 is 0 Å². The maximum Gasteiger partial charge on any atom is 0.276 e. The Kier molecular flexibility index (Phi) is 4.36. The lowest BCUT2D eigenvalue weighted by Gasteiger charge is -2.25. The first-order chi connectivity index (χ1) is 7.52. The number of rotatable bonds is 5. The molecule has 1 aromatic heterocycles. The lowest BCUT2D eigenvalue weighted by atomic mass is 10.2. The number of aromatic nitrogens is 3. The first kappa shape index (κ1) is 12.6. The number of carbonyl (C=O) groups excluding carboxylic acids is 1. The highest BCUT2D eigenvalue weighted by Gasteiger charge is 2.20. The second-order valence-electron chi connectivity index (χ2n) is 3.66. The predicted molar refractivity (Wildman–Crippen MR) is 64.0 cm³/mol. The number of H-pyrrole nitrogens is 1. The third kappa shape index (κ3) is 3.27. The van der Waals surface area contributed by atoms with Crippen LogP contribution in [-0.4, -0.2) is 43.8 Å². The lowest BCUT2D eigenvalue weighted by Crippen LogP contribution is -2.39. The minimum atomic E-state index is -0.167. The van der Waals surface area contributed by atoms with Crippen molar-refractivity contribution in [3.8, 4) is 0 Å². The number of thiocarbonyl (C=S) groups is 1. The van der Waals surface area contributed by atoms with Crippen molar-refractivity contribution in [3.63, 3.8) is 0 Å². The van der Waals surface area contributed by atoms with E-state index in [0.717, 1.165) is 0 Å². The van der Waals surface area contributed by atoms with Gasteiger partial charge in [-0.2, -0.15) is 15.4 Å². The van der Waals surface area contributed by atoms with Crippen LogP contribution in [0.2, 0.25) is 0 Å². The number of nitrogens with one attached hydrogen (secondary N) is 1. The van der Waals surface area contributed by atoms with Crippen molar-refractivity contribution < 1.29 is 4.79 Å². The highest BCUT2D eigenvalue weighted by atomic mass is 32.1. The van der Waals surface area contributed by atoms with Crippen molar-refractivity contribution in [2.75, 3.05) is 6.54 Å². The van der Waals surface area contributed by atoms with Crippen LogP contribution >= 0.6 is 12.2 Å². The Morgan fingerprint density at radius 3 is 2.81 bits per heavy atom. The molecule has 0 unspecified atom stereocenters. The standard InChI is InChI=1S/C9H15N5OS/c1-6(2)14(4-3-8(10)16)9(15)7-5-11-13-12-7/h5-6H,3-4H2,1-2H3,(H2,10,16)(H,11,12,13). The van der Waals surface area contributed by atoms with Crippen molar-refractivity contribution in [2.24, 2.45) is 5.73 Å². The van der Waals surface area contributed by atoms with Crippen molar-refractivity contribution >= 4 is 23.1 Å². The van der Waals surface area contributed by atoms with E-state index in [1.165, 1.54) is 6.20 Å². The van der Waals surface area contributed by atoms with Gasteiger partial charge in [-0.3, -0.25) is 4.79 Å². The molecule has 1 amide bonds. The zero-order valence-electron chi connectivity index (χ0n) is 9.30. The molecule has 7 heteroatoms. The monoisotopic (exact) mass is 241 g/mol. The Morgan fingerprint density at radius 1 is 1.69 bits per heavy atom. The Morgan fingerprint density at radius 2 is 2.38 bits per heavy atom. The summed E-state index contributed by atoms with van der Waals surface area (Å²) in [5, 5.41) is 9.77. The van der Waals surface area contributed by atoms with Crippen molar-refractivity contribution in [2.45, 2.75) is 26.3 Å². The fourth-order valence-corrected chi connectivity index (χ4v) is 1.37. The van der Waals surface area contributed by atoms with E-state index in [9.17, 15) is 4.79 Å². The number of amides is 1.